The van der Waals surface area contributed by atoms with E-state index in [1.165, 1.54) is 16.2 Å². The predicted octanol–water partition coefficient (Wildman–Crippen LogP) is 5.24. The number of aryl methyl sites for hydroxylation is 1. The quantitative estimate of drug-likeness (QED) is 0.434. The van der Waals surface area contributed by atoms with Crippen molar-refractivity contribution in [2.24, 2.45) is 5.92 Å². The normalized spacial score (nSPS) is 16.3. The smallest absolute Gasteiger partial charge is 0.259 e. The first kappa shape index (κ1) is 20.7. The summed E-state index contributed by atoms with van der Waals surface area (Å²) in [5.74, 6) is 1.51. The van der Waals surface area contributed by atoms with Gasteiger partial charge < -0.3 is 19.3 Å². The number of nitrogens with zero attached hydrogens (tertiary/aromatic N) is 3. The van der Waals surface area contributed by atoms with Gasteiger partial charge in [-0.15, -0.1) is 11.3 Å². The Labute approximate surface area is 199 Å². The Bertz CT molecular complexity index is 1510. The monoisotopic (exact) mass is 472 g/mol. The molecule has 1 aliphatic carbocycles. The summed E-state index contributed by atoms with van der Waals surface area (Å²) in [5.41, 5.74) is 4.15. The summed E-state index contributed by atoms with van der Waals surface area (Å²) in [7, 11) is 0. The van der Waals surface area contributed by atoms with E-state index in [4.69, 9.17) is 14.0 Å². The zero-order valence-electron chi connectivity index (χ0n) is 18.6. The van der Waals surface area contributed by atoms with E-state index >= 15 is 0 Å². The highest BCUT2D eigenvalue weighted by molar-refractivity contribution is 7.16. The highest BCUT2D eigenvalue weighted by atomic mass is 32.1. The minimum atomic E-state index is -0.330. The molecule has 4 aromatic rings. The highest BCUT2D eigenvalue weighted by Crippen LogP contribution is 2.41. The van der Waals surface area contributed by atoms with Gasteiger partial charge in [0, 0.05) is 16.1 Å². The molecule has 9 heteroatoms. The molecule has 1 aromatic carbocycles. The van der Waals surface area contributed by atoms with E-state index in [2.05, 4.69) is 28.5 Å². The average molecular weight is 473 g/mol. The maximum Gasteiger partial charge on any atom is 0.259 e. The van der Waals surface area contributed by atoms with Gasteiger partial charge in [-0.05, 0) is 61.9 Å². The van der Waals surface area contributed by atoms with Crippen LogP contribution < -0.4 is 14.8 Å². The number of rotatable bonds is 3. The lowest BCUT2D eigenvalue weighted by molar-refractivity contribution is 0.102. The molecule has 0 radical (unpaired) electrons. The fraction of sp³-hybridized carbons (Fsp3) is 0.280. The minimum absolute atomic E-state index is 0.164. The van der Waals surface area contributed by atoms with E-state index in [1.807, 2.05) is 12.1 Å². The number of pyridine rings is 1. The van der Waals surface area contributed by atoms with Gasteiger partial charge in [-0.2, -0.15) is 5.26 Å². The summed E-state index contributed by atoms with van der Waals surface area (Å²) in [6.07, 6.45) is 2.85. The van der Waals surface area contributed by atoms with Gasteiger partial charge in [-0.1, -0.05) is 12.1 Å². The Morgan fingerprint density at radius 2 is 2.12 bits per heavy atom. The molecule has 0 spiro atoms. The first-order chi connectivity index (χ1) is 16.5. The average Bonchev–Trinajstić information content (AvgIpc) is 3.53. The van der Waals surface area contributed by atoms with Crippen molar-refractivity contribution in [3.8, 4) is 28.8 Å². The summed E-state index contributed by atoms with van der Waals surface area (Å²) < 4.78 is 16.4. The maximum absolute atomic E-state index is 13.5. The van der Waals surface area contributed by atoms with E-state index in [9.17, 15) is 10.1 Å². The van der Waals surface area contributed by atoms with Gasteiger partial charge in [0.05, 0.1) is 16.5 Å². The van der Waals surface area contributed by atoms with Crippen molar-refractivity contribution in [1.82, 2.24) is 10.1 Å². The van der Waals surface area contributed by atoms with Crippen LogP contribution >= 0.6 is 11.3 Å². The molecule has 4 heterocycles. The van der Waals surface area contributed by atoms with E-state index in [0.717, 1.165) is 30.4 Å². The van der Waals surface area contributed by atoms with Gasteiger partial charge >= 0.3 is 0 Å². The van der Waals surface area contributed by atoms with Crippen LogP contribution in [0.4, 0.5) is 5.00 Å². The van der Waals surface area contributed by atoms with Gasteiger partial charge in [-0.3, -0.25) is 4.79 Å². The van der Waals surface area contributed by atoms with Gasteiger partial charge in [0.25, 0.3) is 11.6 Å². The zero-order chi connectivity index (χ0) is 23.4. The van der Waals surface area contributed by atoms with Crippen molar-refractivity contribution < 1.29 is 18.8 Å². The lowest BCUT2D eigenvalue weighted by atomic mass is 9.88. The Morgan fingerprint density at radius 1 is 1.26 bits per heavy atom. The fourth-order valence-electron chi connectivity index (χ4n) is 4.62. The molecule has 3 aromatic heterocycles. The molecule has 6 rings (SSSR count). The van der Waals surface area contributed by atoms with E-state index in [-0.39, 0.29) is 18.4 Å². The van der Waals surface area contributed by atoms with Crippen molar-refractivity contribution >= 4 is 33.3 Å². The molecule has 0 unspecified atom stereocenters. The third-order valence-corrected chi connectivity index (χ3v) is 7.49. The zero-order valence-corrected chi connectivity index (χ0v) is 19.4. The summed E-state index contributed by atoms with van der Waals surface area (Å²) in [6.45, 7) is 4.18. The second-order valence-electron chi connectivity index (χ2n) is 8.71. The maximum atomic E-state index is 13.5. The van der Waals surface area contributed by atoms with Gasteiger partial charge in [0.15, 0.2) is 11.5 Å². The number of anilines is 1. The fourth-order valence-corrected chi connectivity index (χ4v) is 5.98. The number of nitrogens with one attached hydrogen (secondary N) is 1. The number of thiophene rings is 1. The molecule has 0 saturated carbocycles. The molecule has 0 fully saturated rings. The van der Waals surface area contributed by atoms with Crippen molar-refractivity contribution in [2.75, 3.05) is 12.1 Å². The SMILES string of the molecule is Cc1cc(C(=O)Nc2sc3c(c2C#N)CC[C@H](C)C3)c2c(-c3ccc4c(c3)OCO4)noc2n1. The molecule has 34 heavy (non-hydrogen) atoms. The van der Waals surface area contributed by atoms with Crippen molar-refractivity contribution in [3.05, 3.63) is 51.5 Å². The summed E-state index contributed by atoms with van der Waals surface area (Å²) in [6, 6.07) is 9.47. The van der Waals surface area contributed by atoms with Crippen LogP contribution in [0.15, 0.2) is 28.8 Å². The molecule has 1 N–H and O–H groups in total. The van der Waals surface area contributed by atoms with Gasteiger partial charge in [0.1, 0.15) is 16.8 Å². The number of benzene rings is 1. The van der Waals surface area contributed by atoms with Crippen LogP contribution in [-0.4, -0.2) is 22.8 Å². The largest absolute Gasteiger partial charge is 0.454 e. The van der Waals surface area contributed by atoms with Crippen LogP contribution in [0.1, 0.15) is 45.4 Å². The Kier molecular flexibility index (Phi) is 4.78. The summed E-state index contributed by atoms with van der Waals surface area (Å²) in [5, 5.41) is 18.1. The van der Waals surface area contributed by atoms with Crippen LogP contribution in [0.2, 0.25) is 0 Å². The molecule has 1 aliphatic heterocycles. The van der Waals surface area contributed by atoms with E-state index in [0.29, 0.717) is 50.3 Å². The number of hydrogen-bond acceptors (Lipinski definition) is 8. The van der Waals surface area contributed by atoms with Crippen LogP contribution in [-0.2, 0) is 12.8 Å². The van der Waals surface area contributed by atoms with Crippen molar-refractivity contribution in [3.63, 3.8) is 0 Å². The molecule has 1 atom stereocenters. The molecule has 0 bridgehead atoms. The van der Waals surface area contributed by atoms with Crippen LogP contribution in [0, 0.1) is 24.2 Å². The Balaban J connectivity index is 1.42. The molecule has 1 amide bonds. The highest BCUT2D eigenvalue weighted by Gasteiger charge is 2.27. The van der Waals surface area contributed by atoms with Gasteiger partial charge in [-0.25, -0.2) is 4.98 Å². The third-order valence-electron chi connectivity index (χ3n) is 6.32. The lowest BCUT2D eigenvalue weighted by Gasteiger charge is -2.17. The van der Waals surface area contributed by atoms with Crippen molar-refractivity contribution in [1.29, 1.82) is 5.26 Å². The minimum Gasteiger partial charge on any atom is -0.454 e. The number of hydrogen-bond donors (Lipinski definition) is 1. The lowest BCUT2D eigenvalue weighted by Crippen LogP contribution is -2.13. The van der Waals surface area contributed by atoms with E-state index in [1.54, 1.807) is 19.1 Å². The Hall–Kier alpha value is -3.90. The van der Waals surface area contributed by atoms with E-state index < -0.39 is 0 Å². The number of carbonyl (C=O) groups is 1. The standard InChI is InChI=1S/C25H20N4O4S/c1-12-3-5-15-17(10-26)25(34-20(15)7-12)28-23(30)16-8-13(2)27-24-21(16)22(29-33-24)14-4-6-18-19(9-14)32-11-31-18/h4,6,8-9,12H,3,5,7,11H2,1-2H3,(H,28,30)/t12-/m0/s1. The first-order valence-electron chi connectivity index (χ1n) is 11.0. The molecule has 170 valence electrons. The number of carbonyl (C=O) groups excluding carboxylic acids is 1. The molecular formula is C25H20N4O4S. The van der Waals surface area contributed by atoms with Crippen molar-refractivity contribution in [2.45, 2.75) is 33.1 Å². The number of nitriles is 1. The van der Waals surface area contributed by atoms with Crippen LogP contribution in [0.3, 0.4) is 0 Å². The topological polar surface area (TPSA) is 110 Å². The van der Waals surface area contributed by atoms with Crippen LogP contribution in [0.5, 0.6) is 11.5 Å². The molecule has 8 nitrogen and oxygen atoms in total. The number of aromatic nitrogens is 2. The molecule has 0 saturated heterocycles. The second kappa shape index (κ2) is 7.85. The van der Waals surface area contributed by atoms with Gasteiger partial charge in [0.2, 0.25) is 6.79 Å². The number of ether oxygens (including phenoxy) is 2. The summed E-state index contributed by atoms with van der Waals surface area (Å²) in [4.78, 5) is 19.2. The summed E-state index contributed by atoms with van der Waals surface area (Å²) >= 11 is 1.50. The number of fused-ring (bicyclic) bond motifs is 3. The Morgan fingerprint density at radius 3 is 2.97 bits per heavy atom. The second-order valence-corrected chi connectivity index (χ2v) is 9.82. The molecular weight excluding hydrogens is 452 g/mol. The first-order valence-corrected chi connectivity index (χ1v) is 11.9. The predicted molar refractivity (Wildman–Crippen MR) is 126 cm³/mol. The third kappa shape index (κ3) is 3.30. The van der Waals surface area contributed by atoms with Crippen LogP contribution in [0.25, 0.3) is 22.4 Å². The molecule has 2 aliphatic rings. The number of amides is 1.